The molecule has 0 bridgehead atoms. The molecule has 0 spiro atoms. The number of hydrogen-bond acceptors (Lipinski definition) is 7. The highest BCUT2D eigenvalue weighted by molar-refractivity contribution is 7.90. The van der Waals surface area contributed by atoms with E-state index in [1.165, 1.54) is 18.2 Å². The van der Waals surface area contributed by atoms with Gasteiger partial charge in [-0.15, -0.1) is 0 Å². The number of sulfonamides is 1. The summed E-state index contributed by atoms with van der Waals surface area (Å²) >= 11 is 0. The number of rotatable bonds is 6. The third-order valence-corrected chi connectivity index (χ3v) is 7.97. The molecule has 1 atom stereocenters. The number of allylic oxidation sites excluding steroid dienone is 1. The summed E-state index contributed by atoms with van der Waals surface area (Å²) in [6, 6.07) is 6.08. The molecule has 1 unspecified atom stereocenters. The maximum atomic E-state index is 13.6. The fraction of sp³-hybridized carbons (Fsp3) is 0.519. The number of hydrogen-bond donors (Lipinski definition) is 2. The minimum Gasteiger partial charge on any atom is -0.384 e. The van der Waals surface area contributed by atoms with Crippen molar-refractivity contribution in [2.24, 2.45) is 11.8 Å². The number of nitrogen functional groups attached to an aromatic ring is 1. The smallest absolute Gasteiger partial charge is 0.281 e. The zero-order chi connectivity index (χ0) is 26.5. The highest BCUT2D eigenvalue weighted by Gasteiger charge is 2.40. The summed E-state index contributed by atoms with van der Waals surface area (Å²) in [5.41, 5.74) is 7.09. The van der Waals surface area contributed by atoms with Gasteiger partial charge in [0.25, 0.3) is 15.9 Å². The van der Waals surface area contributed by atoms with Gasteiger partial charge in [-0.2, -0.15) is 8.42 Å². The van der Waals surface area contributed by atoms with Crippen LogP contribution in [0.3, 0.4) is 0 Å². The average molecular weight is 512 g/mol. The third-order valence-electron chi connectivity index (χ3n) is 6.73. The summed E-state index contributed by atoms with van der Waals surface area (Å²) in [4.78, 5) is 24.7. The van der Waals surface area contributed by atoms with Gasteiger partial charge in [-0.1, -0.05) is 45.9 Å². The van der Waals surface area contributed by atoms with E-state index in [2.05, 4.69) is 62.2 Å². The van der Waals surface area contributed by atoms with Crippen molar-refractivity contribution >= 4 is 33.6 Å². The number of nitrogens with one attached hydrogen (secondary N) is 1. The molecule has 9 heteroatoms. The molecule has 194 valence electrons. The Morgan fingerprint density at radius 1 is 1.22 bits per heavy atom. The second kappa shape index (κ2) is 9.18. The van der Waals surface area contributed by atoms with Crippen molar-refractivity contribution < 1.29 is 13.2 Å². The average Bonchev–Trinajstić information content (AvgIpc) is 3.54. The summed E-state index contributed by atoms with van der Waals surface area (Å²) in [5, 5.41) is -0.305. The van der Waals surface area contributed by atoms with Gasteiger partial charge in [-0.05, 0) is 68.7 Å². The lowest BCUT2D eigenvalue weighted by Crippen LogP contribution is -2.41. The fourth-order valence-corrected chi connectivity index (χ4v) is 5.86. The van der Waals surface area contributed by atoms with E-state index in [0.29, 0.717) is 17.7 Å². The zero-order valence-electron chi connectivity index (χ0n) is 22.0. The SMILES string of the molecule is CC1CN(c2nc(C(C)(C)C)c(/C=C/C3CC3)cc2C(=O)NS(=O)(=O)c2cccc(N)n2)C(C)(C)C1. The van der Waals surface area contributed by atoms with E-state index >= 15 is 0 Å². The number of anilines is 2. The van der Waals surface area contributed by atoms with E-state index in [9.17, 15) is 13.2 Å². The Labute approximate surface area is 214 Å². The van der Waals surface area contributed by atoms with Crippen LogP contribution in [0.15, 0.2) is 35.4 Å². The number of carbonyl (C=O) groups excluding carboxylic acids is 1. The molecule has 1 aliphatic heterocycles. The maximum absolute atomic E-state index is 13.6. The Bertz CT molecular complexity index is 1310. The summed E-state index contributed by atoms with van der Waals surface area (Å²) in [6.45, 7) is 13.5. The first kappa shape index (κ1) is 26.1. The van der Waals surface area contributed by atoms with Gasteiger partial charge < -0.3 is 10.6 Å². The minimum atomic E-state index is -4.23. The largest absolute Gasteiger partial charge is 0.384 e. The van der Waals surface area contributed by atoms with Crippen molar-refractivity contribution in [3.63, 3.8) is 0 Å². The second-order valence-electron chi connectivity index (χ2n) is 11.8. The number of nitrogens with two attached hydrogens (primary N) is 1. The van der Waals surface area contributed by atoms with Crippen LogP contribution in [-0.2, 0) is 15.4 Å². The van der Waals surface area contributed by atoms with E-state index < -0.39 is 15.9 Å². The molecular formula is C27H37N5O3S. The Kier molecular flexibility index (Phi) is 6.66. The van der Waals surface area contributed by atoms with Crippen molar-refractivity contribution in [3.05, 3.63) is 47.2 Å². The normalized spacial score (nSPS) is 20.2. The third kappa shape index (κ3) is 5.56. The van der Waals surface area contributed by atoms with Gasteiger partial charge in [0.1, 0.15) is 11.6 Å². The molecule has 4 rings (SSSR count). The highest BCUT2D eigenvalue weighted by atomic mass is 32.2. The van der Waals surface area contributed by atoms with Crippen molar-refractivity contribution in [2.75, 3.05) is 17.2 Å². The molecule has 1 saturated carbocycles. The molecular weight excluding hydrogens is 474 g/mol. The lowest BCUT2D eigenvalue weighted by atomic mass is 9.87. The first-order chi connectivity index (χ1) is 16.7. The number of aromatic nitrogens is 2. The van der Waals surface area contributed by atoms with Crippen molar-refractivity contribution in [1.29, 1.82) is 0 Å². The molecule has 0 radical (unpaired) electrons. The van der Waals surface area contributed by atoms with Crippen LogP contribution in [0.5, 0.6) is 0 Å². The van der Waals surface area contributed by atoms with E-state index in [1.54, 1.807) is 6.07 Å². The first-order valence-corrected chi connectivity index (χ1v) is 14.0. The molecule has 3 heterocycles. The zero-order valence-corrected chi connectivity index (χ0v) is 22.8. The van der Waals surface area contributed by atoms with E-state index in [1.807, 2.05) is 6.08 Å². The molecule has 2 aliphatic rings. The number of pyridine rings is 2. The summed E-state index contributed by atoms with van der Waals surface area (Å²) in [7, 11) is -4.23. The van der Waals surface area contributed by atoms with E-state index in [0.717, 1.165) is 37.1 Å². The van der Waals surface area contributed by atoms with Crippen LogP contribution in [0.2, 0.25) is 0 Å². The summed E-state index contributed by atoms with van der Waals surface area (Å²) < 4.78 is 28.2. The van der Waals surface area contributed by atoms with E-state index in [-0.39, 0.29) is 27.4 Å². The summed E-state index contributed by atoms with van der Waals surface area (Å²) in [6.07, 6.45) is 7.44. The molecule has 8 nitrogen and oxygen atoms in total. The van der Waals surface area contributed by atoms with Gasteiger partial charge in [0.2, 0.25) is 0 Å². The molecule has 2 fully saturated rings. The maximum Gasteiger partial charge on any atom is 0.281 e. The number of nitrogens with zero attached hydrogens (tertiary/aromatic N) is 3. The monoisotopic (exact) mass is 511 g/mol. The van der Waals surface area contributed by atoms with Crippen LogP contribution in [0.25, 0.3) is 6.08 Å². The molecule has 36 heavy (non-hydrogen) atoms. The quantitative estimate of drug-likeness (QED) is 0.585. The first-order valence-electron chi connectivity index (χ1n) is 12.5. The topological polar surface area (TPSA) is 118 Å². The molecule has 1 aliphatic carbocycles. The van der Waals surface area contributed by atoms with Crippen LogP contribution >= 0.6 is 0 Å². The second-order valence-corrected chi connectivity index (χ2v) is 13.4. The van der Waals surface area contributed by atoms with Crippen molar-refractivity contribution in [1.82, 2.24) is 14.7 Å². The van der Waals surface area contributed by atoms with Gasteiger partial charge in [0.05, 0.1) is 11.3 Å². The van der Waals surface area contributed by atoms with Crippen molar-refractivity contribution in [3.8, 4) is 0 Å². The van der Waals surface area contributed by atoms with Gasteiger partial charge in [0, 0.05) is 17.5 Å². The lowest BCUT2D eigenvalue weighted by molar-refractivity contribution is 0.0981. The molecule has 3 N–H and O–H groups in total. The predicted octanol–water partition coefficient (Wildman–Crippen LogP) is 4.52. The Balaban J connectivity index is 1.84. The standard InChI is InChI=1S/C27H37N5O3S/c1-17-15-27(5,6)32(16-17)24-20(25(33)31-36(34,35)22-9-7-8-21(28)29-22)14-19(13-12-18-10-11-18)23(30-24)26(2,3)4/h7-9,12-14,17-18H,10-11,15-16H2,1-6H3,(H2,28,29)(H,31,33)/b13-12+. The van der Waals surface area contributed by atoms with Crippen LogP contribution < -0.4 is 15.4 Å². The fourth-order valence-electron chi connectivity index (χ4n) is 4.92. The van der Waals surface area contributed by atoms with Crippen LogP contribution in [-0.4, -0.2) is 36.4 Å². The Hall–Kier alpha value is -2.94. The minimum absolute atomic E-state index is 0.0579. The van der Waals surface area contributed by atoms with Gasteiger partial charge >= 0.3 is 0 Å². The van der Waals surface area contributed by atoms with Crippen molar-refractivity contribution in [2.45, 2.75) is 76.8 Å². The van der Waals surface area contributed by atoms with Crippen LogP contribution in [0.4, 0.5) is 11.6 Å². The van der Waals surface area contributed by atoms with Gasteiger partial charge in [0.15, 0.2) is 5.03 Å². The lowest BCUT2D eigenvalue weighted by Gasteiger charge is -2.35. The van der Waals surface area contributed by atoms with Gasteiger partial charge in [-0.3, -0.25) is 4.79 Å². The van der Waals surface area contributed by atoms with Crippen LogP contribution in [0, 0.1) is 11.8 Å². The Morgan fingerprint density at radius 3 is 2.47 bits per heavy atom. The van der Waals surface area contributed by atoms with E-state index in [4.69, 9.17) is 10.7 Å². The molecule has 0 aromatic carbocycles. The molecule has 2 aromatic rings. The highest BCUT2D eigenvalue weighted by Crippen LogP contribution is 2.40. The summed E-state index contributed by atoms with van der Waals surface area (Å²) in [5.74, 6) is 0.779. The van der Waals surface area contributed by atoms with Crippen LogP contribution in [0.1, 0.15) is 82.4 Å². The van der Waals surface area contributed by atoms with Gasteiger partial charge in [-0.25, -0.2) is 14.7 Å². The molecule has 2 aromatic heterocycles. The Morgan fingerprint density at radius 2 is 1.92 bits per heavy atom. The molecule has 1 saturated heterocycles. The number of carbonyl (C=O) groups is 1. The number of amides is 1. The predicted molar refractivity (Wildman–Crippen MR) is 143 cm³/mol. The molecule has 1 amide bonds.